The molecular formula is C13H16N3O2S. The fourth-order valence-corrected chi connectivity index (χ4v) is 2.62. The summed E-state index contributed by atoms with van der Waals surface area (Å²) in [6.45, 7) is 4.52. The quantitative estimate of drug-likeness (QED) is 0.646. The monoisotopic (exact) mass is 278 g/mol. The Labute approximate surface area is 115 Å². The van der Waals surface area contributed by atoms with Gasteiger partial charge in [-0.2, -0.15) is 0 Å². The highest BCUT2D eigenvalue weighted by molar-refractivity contribution is 7.91. The van der Waals surface area contributed by atoms with E-state index in [1.54, 1.807) is 0 Å². The third-order valence-electron chi connectivity index (χ3n) is 2.65. The lowest BCUT2D eigenvalue weighted by atomic mass is 10.1. The Morgan fingerprint density at radius 2 is 2.11 bits per heavy atom. The van der Waals surface area contributed by atoms with Gasteiger partial charge in [0.2, 0.25) is 0 Å². The highest BCUT2D eigenvalue weighted by atomic mass is 32.2. The average Bonchev–Trinajstić information content (AvgIpc) is 2.91. The number of rotatable bonds is 6. The summed E-state index contributed by atoms with van der Waals surface area (Å²) >= 11 is -1.14. The maximum atomic E-state index is 11.8. The molecule has 101 valence electrons. The van der Waals surface area contributed by atoms with Gasteiger partial charge in [0.1, 0.15) is 17.8 Å². The lowest BCUT2D eigenvalue weighted by molar-refractivity contribution is 0.313. The van der Waals surface area contributed by atoms with Gasteiger partial charge in [0.15, 0.2) is 0 Å². The topological polar surface area (TPSA) is 73.9 Å². The van der Waals surface area contributed by atoms with Crippen molar-refractivity contribution in [3.63, 3.8) is 0 Å². The van der Waals surface area contributed by atoms with Crippen LogP contribution in [-0.4, -0.2) is 32.1 Å². The molecule has 0 aliphatic carbocycles. The second kappa shape index (κ2) is 6.58. The van der Waals surface area contributed by atoms with Gasteiger partial charge in [-0.1, -0.05) is 5.10 Å². The van der Waals surface area contributed by atoms with Crippen LogP contribution in [0.5, 0.6) is 5.75 Å². The minimum Gasteiger partial charge on any atom is -0.609 e. The minimum atomic E-state index is -1.14. The number of aryl methyl sites for hydroxylation is 2. The van der Waals surface area contributed by atoms with E-state index in [0.717, 1.165) is 16.9 Å². The SMILES string of the molecule is Cc1c[c]cc(C)c1OCCC[S+]([O-])c1nnc[nH]1. The molecule has 6 heteroatoms. The summed E-state index contributed by atoms with van der Waals surface area (Å²) in [6.07, 6.45) is 2.13. The molecule has 1 radical (unpaired) electrons. The zero-order valence-corrected chi connectivity index (χ0v) is 11.8. The third kappa shape index (κ3) is 3.71. The molecule has 0 amide bonds. The molecule has 1 aromatic heterocycles. The number of ether oxygens (including phenoxy) is 1. The molecule has 0 aliphatic heterocycles. The van der Waals surface area contributed by atoms with Crippen molar-refractivity contribution in [3.8, 4) is 5.75 Å². The van der Waals surface area contributed by atoms with Crippen molar-refractivity contribution in [2.24, 2.45) is 0 Å². The third-order valence-corrected chi connectivity index (χ3v) is 3.94. The van der Waals surface area contributed by atoms with Gasteiger partial charge in [0.25, 0.3) is 0 Å². The van der Waals surface area contributed by atoms with E-state index in [0.29, 0.717) is 23.9 Å². The Kier molecular flexibility index (Phi) is 4.81. The fraction of sp³-hybridized carbons (Fsp3) is 0.385. The van der Waals surface area contributed by atoms with E-state index in [4.69, 9.17) is 4.74 Å². The van der Waals surface area contributed by atoms with Crippen molar-refractivity contribution in [3.05, 3.63) is 35.7 Å². The van der Waals surface area contributed by atoms with E-state index in [1.165, 1.54) is 6.33 Å². The van der Waals surface area contributed by atoms with E-state index in [9.17, 15) is 4.55 Å². The average molecular weight is 278 g/mol. The fourth-order valence-electron chi connectivity index (χ4n) is 1.73. The molecule has 1 atom stereocenters. The predicted octanol–water partition coefficient (Wildman–Crippen LogP) is 1.80. The van der Waals surface area contributed by atoms with Gasteiger partial charge in [0.05, 0.1) is 6.61 Å². The number of hydrogen-bond donors (Lipinski definition) is 1. The number of hydrogen-bond acceptors (Lipinski definition) is 4. The number of aromatic amines is 1. The Balaban J connectivity index is 1.78. The van der Waals surface area contributed by atoms with Crippen molar-refractivity contribution in [2.45, 2.75) is 25.4 Å². The van der Waals surface area contributed by atoms with Gasteiger partial charge < -0.3 is 9.29 Å². The summed E-state index contributed by atoms with van der Waals surface area (Å²) in [5.74, 6) is 1.40. The second-order valence-electron chi connectivity index (χ2n) is 4.20. The van der Waals surface area contributed by atoms with Gasteiger partial charge >= 0.3 is 5.16 Å². The van der Waals surface area contributed by atoms with Crippen LogP contribution < -0.4 is 4.74 Å². The van der Waals surface area contributed by atoms with Crippen LogP contribution in [0.4, 0.5) is 0 Å². The standard InChI is InChI=1S/C13H16N3O2S/c1-10-5-3-6-11(2)12(10)18-7-4-8-19(17)13-14-9-15-16-13/h5-6,9H,4,7-8H2,1-2H3,(H,14,15,16). The zero-order valence-electron chi connectivity index (χ0n) is 11.0. The van der Waals surface area contributed by atoms with Crippen molar-refractivity contribution in [1.29, 1.82) is 0 Å². The molecule has 0 aliphatic rings. The van der Waals surface area contributed by atoms with Gasteiger partial charge in [-0.05, 0) is 43.2 Å². The molecule has 1 N–H and O–H groups in total. The van der Waals surface area contributed by atoms with Gasteiger partial charge in [0, 0.05) is 17.6 Å². The van der Waals surface area contributed by atoms with Crippen LogP contribution in [0.15, 0.2) is 23.6 Å². The predicted molar refractivity (Wildman–Crippen MR) is 72.5 cm³/mol. The maximum Gasteiger partial charge on any atom is 0.340 e. The van der Waals surface area contributed by atoms with E-state index in [1.807, 2.05) is 26.0 Å². The minimum absolute atomic E-state index is 0.418. The van der Waals surface area contributed by atoms with E-state index in [-0.39, 0.29) is 0 Å². The van der Waals surface area contributed by atoms with Gasteiger partial charge in [-0.3, -0.25) is 4.98 Å². The van der Waals surface area contributed by atoms with Crippen molar-refractivity contribution in [2.75, 3.05) is 12.4 Å². The number of nitrogens with zero attached hydrogens (tertiary/aromatic N) is 2. The first kappa shape index (κ1) is 13.9. The highest BCUT2D eigenvalue weighted by Crippen LogP contribution is 2.22. The molecule has 5 nitrogen and oxygen atoms in total. The van der Waals surface area contributed by atoms with Crippen LogP contribution in [0.25, 0.3) is 0 Å². The molecule has 0 saturated heterocycles. The maximum absolute atomic E-state index is 11.8. The normalized spacial score (nSPS) is 12.4. The number of aromatic nitrogens is 3. The van der Waals surface area contributed by atoms with Crippen LogP contribution in [-0.2, 0) is 11.2 Å². The van der Waals surface area contributed by atoms with Crippen molar-refractivity contribution in [1.82, 2.24) is 15.2 Å². The molecular weight excluding hydrogens is 262 g/mol. The van der Waals surface area contributed by atoms with Crippen LogP contribution in [0.1, 0.15) is 17.5 Å². The van der Waals surface area contributed by atoms with E-state index in [2.05, 4.69) is 21.2 Å². The first-order chi connectivity index (χ1) is 9.18. The number of benzene rings is 1. The van der Waals surface area contributed by atoms with Crippen LogP contribution >= 0.6 is 0 Å². The lowest BCUT2D eigenvalue weighted by Crippen LogP contribution is -2.12. The van der Waals surface area contributed by atoms with Crippen molar-refractivity contribution >= 4 is 11.2 Å². The van der Waals surface area contributed by atoms with Crippen molar-refractivity contribution < 1.29 is 9.29 Å². The largest absolute Gasteiger partial charge is 0.609 e. The Hall–Kier alpha value is -1.53. The number of nitrogens with one attached hydrogen (secondary N) is 1. The summed E-state index contributed by atoms with van der Waals surface area (Å²) in [5.41, 5.74) is 2.13. The Bertz CT molecular complexity index is 496. The molecule has 2 aromatic rings. The van der Waals surface area contributed by atoms with E-state index < -0.39 is 11.2 Å². The van der Waals surface area contributed by atoms with Crippen LogP contribution in [0, 0.1) is 19.9 Å². The molecule has 1 unspecified atom stereocenters. The Morgan fingerprint density at radius 1 is 1.37 bits per heavy atom. The van der Waals surface area contributed by atoms with Gasteiger partial charge in [-0.15, -0.1) is 5.10 Å². The molecule has 19 heavy (non-hydrogen) atoms. The second-order valence-corrected chi connectivity index (χ2v) is 5.68. The molecule has 0 saturated carbocycles. The molecule has 1 heterocycles. The summed E-state index contributed by atoms with van der Waals surface area (Å²) in [6, 6.07) is 6.84. The molecule has 0 spiro atoms. The molecule has 1 aromatic carbocycles. The first-order valence-electron chi connectivity index (χ1n) is 6.03. The Morgan fingerprint density at radius 3 is 2.74 bits per heavy atom. The molecule has 0 fully saturated rings. The molecule has 2 rings (SSSR count). The lowest BCUT2D eigenvalue weighted by Gasteiger charge is -2.12. The van der Waals surface area contributed by atoms with Crippen LogP contribution in [0.2, 0.25) is 0 Å². The first-order valence-corrected chi connectivity index (χ1v) is 7.35. The zero-order chi connectivity index (χ0) is 13.7. The summed E-state index contributed by atoms with van der Waals surface area (Å²) < 4.78 is 17.5. The smallest absolute Gasteiger partial charge is 0.340 e. The van der Waals surface area contributed by atoms with Crippen LogP contribution in [0.3, 0.4) is 0 Å². The number of H-pyrrole nitrogens is 1. The summed E-state index contributed by atoms with van der Waals surface area (Å²) in [4.78, 5) is 2.75. The van der Waals surface area contributed by atoms with Gasteiger partial charge in [-0.25, -0.2) is 0 Å². The molecule has 0 bridgehead atoms. The summed E-state index contributed by atoms with van der Waals surface area (Å²) in [7, 11) is 0. The highest BCUT2D eigenvalue weighted by Gasteiger charge is 2.14. The van der Waals surface area contributed by atoms with E-state index >= 15 is 0 Å². The summed E-state index contributed by atoms with van der Waals surface area (Å²) in [5, 5.41) is 7.76.